The van der Waals surface area contributed by atoms with Gasteiger partial charge in [-0.3, -0.25) is 0 Å². The van der Waals surface area contributed by atoms with E-state index in [4.69, 9.17) is 0 Å². The average Bonchev–Trinajstić information content (AvgIpc) is 2.92. The average molecular weight is 301 g/mol. The van der Waals surface area contributed by atoms with E-state index < -0.39 is 8.07 Å². The minimum absolute atomic E-state index is 0.662. The Morgan fingerprint density at radius 2 is 1.10 bits per heavy atom. The molecule has 0 saturated heterocycles. The molecule has 2 aliphatic carbocycles. The van der Waals surface area contributed by atoms with Gasteiger partial charge >= 0.3 is 0 Å². The van der Waals surface area contributed by atoms with Crippen LogP contribution >= 0.6 is 0 Å². The molecule has 2 rings (SSSR count). The van der Waals surface area contributed by atoms with Gasteiger partial charge in [0, 0.05) is 0 Å². The maximum Gasteiger partial charge on any atom is 0.104 e. The van der Waals surface area contributed by atoms with Gasteiger partial charge in [-0.25, -0.2) is 0 Å². The van der Waals surface area contributed by atoms with Crippen molar-refractivity contribution in [2.75, 3.05) is 0 Å². The lowest BCUT2D eigenvalue weighted by Crippen LogP contribution is -2.33. The lowest BCUT2D eigenvalue weighted by molar-refractivity contribution is 0.780. The van der Waals surface area contributed by atoms with Crippen LogP contribution in [0.15, 0.2) is 44.8 Å². The van der Waals surface area contributed by atoms with E-state index in [1.807, 2.05) is 0 Å². The van der Waals surface area contributed by atoms with E-state index in [-0.39, 0.29) is 0 Å². The molecule has 0 bridgehead atoms. The summed E-state index contributed by atoms with van der Waals surface area (Å²) >= 11 is 0. The second-order valence-electron chi connectivity index (χ2n) is 7.87. The maximum absolute atomic E-state index is 2.57. The summed E-state index contributed by atoms with van der Waals surface area (Å²) < 4.78 is 0. The predicted octanol–water partition coefficient (Wildman–Crippen LogP) is 6.38. The van der Waals surface area contributed by atoms with E-state index in [2.05, 4.69) is 66.8 Å². The van der Waals surface area contributed by atoms with E-state index in [1.165, 1.54) is 12.8 Å². The molecule has 0 heterocycles. The van der Waals surface area contributed by atoms with Gasteiger partial charge in [-0.15, -0.1) is 0 Å². The topological polar surface area (TPSA) is 0 Å². The summed E-state index contributed by atoms with van der Waals surface area (Å²) in [5.41, 5.74) is 6.41. The van der Waals surface area contributed by atoms with Gasteiger partial charge in [0.2, 0.25) is 0 Å². The fourth-order valence-corrected chi connectivity index (χ4v) is 8.10. The molecular weight excluding hydrogens is 268 g/mol. The monoisotopic (exact) mass is 300 g/mol. The second kappa shape index (κ2) is 5.76. The highest BCUT2D eigenvalue weighted by Crippen LogP contribution is 2.43. The zero-order chi connectivity index (χ0) is 15.9. The number of hydrogen-bond donors (Lipinski definition) is 0. The van der Waals surface area contributed by atoms with Gasteiger partial charge in [-0.05, 0) is 49.7 Å². The number of rotatable bonds is 4. The molecule has 0 atom stereocenters. The van der Waals surface area contributed by atoms with Crippen molar-refractivity contribution in [1.29, 1.82) is 0 Å². The molecular formula is C20H32Si. The predicted molar refractivity (Wildman–Crippen MR) is 98.0 cm³/mol. The third-order valence-corrected chi connectivity index (χ3v) is 9.75. The van der Waals surface area contributed by atoms with Crippen LogP contribution in [0.1, 0.15) is 54.4 Å². The van der Waals surface area contributed by atoms with Gasteiger partial charge in [0.25, 0.3) is 0 Å². The molecule has 0 spiro atoms. The van der Waals surface area contributed by atoms with Crippen molar-refractivity contribution in [1.82, 2.24) is 0 Å². The van der Waals surface area contributed by atoms with Crippen molar-refractivity contribution < 1.29 is 0 Å². The highest BCUT2D eigenvalue weighted by molar-refractivity contribution is 6.91. The lowest BCUT2D eigenvalue weighted by Gasteiger charge is -2.29. The van der Waals surface area contributed by atoms with E-state index in [9.17, 15) is 0 Å². The summed E-state index contributed by atoms with van der Waals surface area (Å²) in [7, 11) is -1.48. The fraction of sp³-hybridized carbons (Fsp3) is 0.600. The van der Waals surface area contributed by atoms with Crippen LogP contribution in [-0.4, -0.2) is 8.07 Å². The maximum atomic E-state index is 2.57. The smallest absolute Gasteiger partial charge is 0.0771 e. The van der Waals surface area contributed by atoms with Gasteiger partial charge in [0.05, 0.1) is 0 Å². The molecule has 0 amide bonds. The Hall–Kier alpha value is -0.823. The van der Waals surface area contributed by atoms with Crippen LogP contribution < -0.4 is 0 Å². The summed E-state index contributed by atoms with van der Waals surface area (Å²) in [6, 6.07) is 0. The van der Waals surface area contributed by atoms with Crippen molar-refractivity contribution in [3.8, 4) is 0 Å². The molecule has 116 valence electrons. The third kappa shape index (κ3) is 2.77. The van der Waals surface area contributed by atoms with Crippen LogP contribution in [0.25, 0.3) is 0 Å². The summed E-state index contributed by atoms with van der Waals surface area (Å²) in [4.78, 5) is 0. The zero-order valence-electron chi connectivity index (χ0n) is 15.2. The van der Waals surface area contributed by atoms with Crippen molar-refractivity contribution in [3.05, 3.63) is 44.8 Å². The van der Waals surface area contributed by atoms with Gasteiger partial charge in [-0.2, -0.15) is 0 Å². The van der Waals surface area contributed by atoms with Crippen molar-refractivity contribution in [2.45, 2.75) is 67.5 Å². The molecule has 0 saturated carbocycles. The molecule has 0 aliphatic heterocycles. The Morgan fingerprint density at radius 1 is 0.762 bits per heavy atom. The first-order valence-electron chi connectivity index (χ1n) is 8.49. The molecule has 1 heteroatoms. The van der Waals surface area contributed by atoms with Crippen LogP contribution in [0.5, 0.6) is 0 Å². The number of hydrogen-bond acceptors (Lipinski definition) is 0. The molecule has 0 fully saturated rings. The molecule has 2 aliphatic rings. The SMILES string of the molecule is CC1=C([Si](C)(C)C2=C(C)C(C(C)C)=CC2)CC=C1C(C)C. The van der Waals surface area contributed by atoms with Gasteiger partial charge in [-0.1, -0.05) is 74.5 Å². The minimum atomic E-state index is -1.48. The summed E-state index contributed by atoms with van der Waals surface area (Å²) in [6.45, 7) is 19.2. The van der Waals surface area contributed by atoms with E-state index in [0.29, 0.717) is 11.8 Å². The summed E-state index contributed by atoms with van der Waals surface area (Å²) in [5, 5.41) is 3.55. The number of allylic oxidation sites excluding steroid dienone is 8. The lowest BCUT2D eigenvalue weighted by atomic mass is 9.99. The molecule has 21 heavy (non-hydrogen) atoms. The molecule has 0 nitrogen and oxygen atoms in total. The van der Waals surface area contributed by atoms with Gasteiger partial charge < -0.3 is 0 Å². The third-order valence-electron chi connectivity index (χ3n) is 5.58. The molecule has 0 aromatic heterocycles. The Labute approximate surface area is 132 Å². The normalized spacial score (nSPS) is 20.1. The first kappa shape index (κ1) is 16.5. The van der Waals surface area contributed by atoms with Crippen LogP contribution in [0.2, 0.25) is 13.1 Å². The van der Waals surface area contributed by atoms with E-state index in [0.717, 1.165) is 0 Å². The van der Waals surface area contributed by atoms with Gasteiger partial charge in [0.1, 0.15) is 8.07 Å². The standard InChI is InChI=1S/C20H32Si/c1-13(2)17-9-11-19(15(17)5)21(7,8)20-12-10-18(14(3)4)16(20)6/h9-10,13-14H,11-12H2,1-8H3. The van der Waals surface area contributed by atoms with E-state index in [1.54, 1.807) is 32.7 Å². The first-order valence-corrected chi connectivity index (χ1v) is 11.5. The largest absolute Gasteiger partial charge is 0.104 e. The molecule has 0 N–H and O–H groups in total. The quantitative estimate of drug-likeness (QED) is 0.528. The molecule has 0 unspecified atom stereocenters. The molecule has 0 aromatic carbocycles. The van der Waals surface area contributed by atoms with Crippen LogP contribution in [0, 0.1) is 11.8 Å². The zero-order valence-corrected chi connectivity index (χ0v) is 16.2. The summed E-state index contributed by atoms with van der Waals surface area (Å²) in [6.07, 6.45) is 7.39. The van der Waals surface area contributed by atoms with Crippen LogP contribution in [0.4, 0.5) is 0 Å². The van der Waals surface area contributed by atoms with Crippen LogP contribution in [-0.2, 0) is 0 Å². The first-order chi connectivity index (χ1) is 9.67. The second-order valence-corrected chi connectivity index (χ2v) is 12.3. The Balaban J connectivity index is 2.38. The van der Waals surface area contributed by atoms with Crippen molar-refractivity contribution in [3.63, 3.8) is 0 Å². The summed E-state index contributed by atoms with van der Waals surface area (Å²) in [5.74, 6) is 1.32. The highest BCUT2D eigenvalue weighted by Gasteiger charge is 2.37. The van der Waals surface area contributed by atoms with Crippen molar-refractivity contribution in [2.24, 2.45) is 11.8 Å². The van der Waals surface area contributed by atoms with Crippen molar-refractivity contribution >= 4 is 8.07 Å². The Morgan fingerprint density at radius 3 is 1.33 bits per heavy atom. The Kier molecular flexibility index (Phi) is 4.54. The fourth-order valence-electron chi connectivity index (χ4n) is 4.35. The van der Waals surface area contributed by atoms with Gasteiger partial charge in [0.15, 0.2) is 0 Å². The minimum Gasteiger partial charge on any atom is -0.0771 e. The molecule has 0 aromatic rings. The van der Waals surface area contributed by atoms with E-state index >= 15 is 0 Å². The van der Waals surface area contributed by atoms with Crippen LogP contribution in [0.3, 0.4) is 0 Å². The Bertz CT molecular complexity index is 513. The highest BCUT2D eigenvalue weighted by atomic mass is 28.3. The molecule has 0 radical (unpaired) electrons.